The molecule has 2 atom stereocenters. The molecule has 1 fully saturated rings. The van der Waals surface area contributed by atoms with Crippen LogP contribution in [0.2, 0.25) is 0 Å². The Bertz CT molecular complexity index is 1190. The summed E-state index contributed by atoms with van der Waals surface area (Å²) in [6, 6.07) is 8.22. The average molecular weight is 458 g/mol. The summed E-state index contributed by atoms with van der Waals surface area (Å²) in [5.41, 5.74) is -1.03. The topological polar surface area (TPSA) is 97.1 Å². The summed E-state index contributed by atoms with van der Waals surface area (Å²) in [4.78, 5) is 30.1. The van der Waals surface area contributed by atoms with Gasteiger partial charge < -0.3 is 10.4 Å². The van der Waals surface area contributed by atoms with Crippen LogP contribution in [-0.2, 0) is 6.18 Å². The van der Waals surface area contributed by atoms with E-state index in [0.29, 0.717) is 24.1 Å². The number of nitrogens with one attached hydrogen (secondary N) is 1. The van der Waals surface area contributed by atoms with Gasteiger partial charge >= 0.3 is 6.18 Å². The highest BCUT2D eigenvalue weighted by molar-refractivity contribution is 5.95. The van der Waals surface area contributed by atoms with Crippen molar-refractivity contribution in [3.05, 3.63) is 76.3 Å². The second-order valence-electron chi connectivity index (χ2n) is 7.88. The van der Waals surface area contributed by atoms with Crippen molar-refractivity contribution < 1.29 is 23.1 Å². The molecule has 0 saturated heterocycles. The molecule has 2 N–H and O–H groups in total. The van der Waals surface area contributed by atoms with Crippen molar-refractivity contribution in [3.63, 3.8) is 0 Å². The number of aliphatic hydroxyl groups is 1. The number of benzene rings is 1. The van der Waals surface area contributed by atoms with Crippen LogP contribution in [-0.4, -0.2) is 37.9 Å². The Morgan fingerprint density at radius 3 is 2.48 bits per heavy atom. The molecular weight excluding hydrogens is 437 g/mol. The van der Waals surface area contributed by atoms with Crippen molar-refractivity contribution >= 4 is 5.91 Å². The van der Waals surface area contributed by atoms with E-state index < -0.39 is 35.4 Å². The summed E-state index contributed by atoms with van der Waals surface area (Å²) in [5, 5.41) is 17.2. The predicted octanol–water partition coefficient (Wildman–Crippen LogP) is 3.35. The van der Waals surface area contributed by atoms with Gasteiger partial charge in [0.05, 0.1) is 35.3 Å². The second kappa shape index (κ2) is 9.14. The molecule has 2 heterocycles. The van der Waals surface area contributed by atoms with Crippen molar-refractivity contribution in [1.29, 1.82) is 0 Å². The SMILES string of the molecule is O=C(NC1CCCCC1O)c1cc(-c2ccc(C(F)(F)F)cc2)nn(-c2cccnc2)c1=O. The van der Waals surface area contributed by atoms with Gasteiger partial charge in [-0.3, -0.25) is 14.6 Å². The number of carbonyl (C=O) groups excluding carboxylic acids is 1. The van der Waals surface area contributed by atoms with Crippen molar-refractivity contribution in [1.82, 2.24) is 20.1 Å². The van der Waals surface area contributed by atoms with E-state index in [2.05, 4.69) is 15.4 Å². The number of nitrogens with zero attached hydrogens (tertiary/aromatic N) is 3. The minimum Gasteiger partial charge on any atom is -0.391 e. The number of amides is 1. The number of carbonyl (C=O) groups is 1. The third-order valence-corrected chi connectivity index (χ3v) is 5.60. The standard InChI is InChI=1S/C23H21F3N4O3/c24-23(25,26)15-9-7-14(8-10-15)19-12-17(21(32)28-18-5-1-2-6-20(18)31)22(33)30(29-19)16-4-3-11-27-13-16/h3-4,7-13,18,20,31H,1-2,5-6H2,(H,28,32). The maximum atomic E-state index is 13.1. The highest BCUT2D eigenvalue weighted by Crippen LogP contribution is 2.30. The second-order valence-corrected chi connectivity index (χ2v) is 7.88. The smallest absolute Gasteiger partial charge is 0.391 e. The number of aromatic nitrogens is 3. The van der Waals surface area contributed by atoms with Crippen LogP contribution in [0.25, 0.3) is 16.9 Å². The fourth-order valence-corrected chi connectivity index (χ4v) is 3.81. The average Bonchev–Trinajstić information content (AvgIpc) is 2.81. The molecule has 0 radical (unpaired) electrons. The number of alkyl halides is 3. The van der Waals surface area contributed by atoms with E-state index in [4.69, 9.17) is 0 Å². The monoisotopic (exact) mass is 458 g/mol. The van der Waals surface area contributed by atoms with Crippen molar-refractivity contribution in [2.75, 3.05) is 0 Å². The Morgan fingerprint density at radius 1 is 1.12 bits per heavy atom. The van der Waals surface area contributed by atoms with Crippen LogP contribution >= 0.6 is 0 Å². The van der Waals surface area contributed by atoms with E-state index in [1.165, 1.54) is 30.6 Å². The zero-order valence-electron chi connectivity index (χ0n) is 17.4. The molecule has 7 nitrogen and oxygen atoms in total. The van der Waals surface area contributed by atoms with Gasteiger partial charge in [-0.25, -0.2) is 0 Å². The summed E-state index contributed by atoms with van der Waals surface area (Å²) in [6.45, 7) is 0. The van der Waals surface area contributed by atoms with Crippen molar-refractivity contribution in [2.24, 2.45) is 0 Å². The number of hydrogen-bond acceptors (Lipinski definition) is 5. The molecule has 4 rings (SSSR count). The number of rotatable bonds is 4. The van der Waals surface area contributed by atoms with Gasteiger partial charge in [0.25, 0.3) is 11.5 Å². The van der Waals surface area contributed by atoms with Gasteiger partial charge in [-0.1, -0.05) is 25.0 Å². The maximum absolute atomic E-state index is 13.1. The van der Waals surface area contributed by atoms with E-state index in [9.17, 15) is 27.9 Å². The molecule has 1 aliphatic rings. The molecule has 3 aromatic rings. The van der Waals surface area contributed by atoms with Crippen LogP contribution < -0.4 is 10.9 Å². The molecule has 10 heteroatoms. The molecule has 2 aromatic heterocycles. The first-order chi connectivity index (χ1) is 15.7. The molecule has 1 aromatic carbocycles. The number of hydrogen-bond donors (Lipinski definition) is 2. The highest BCUT2D eigenvalue weighted by atomic mass is 19.4. The van der Waals surface area contributed by atoms with Gasteiger partial charge in [0.2, 0.25) is 0 Å². The summed E-state index contributed by atoms with van der Waals surface area (Å²) < 4.78 is 39.8. The van der Waals surface area contributed by atoms with Crippen molar-refractivity contribution in [2.45, 2.75) is 44.0 Å². The normalized spacial score (nSPS) is 18.7. The molecule has 33 heavy (non-hydrogen) atoms. The quantitative estimate of drug-likeness (QED) is 0.625. The largest absolute Gasteiger partial charge is 0.416 e. The Morgan fingerprint density at radius 2 is 1.85 bits per heavy atom. The Kier molecular flexibility index (Phi) is 6.28. The first-order valence-electron chi connectivity index (χ1n) is 10.5. The zero-order chi connectivity index (χ0) is 23.6. The van der Waals surface area contributed by atoms with E-state index in [0.717, 1.165) is 29.7 Å². The van der Waals surface area contributed by atoms with E-state index in [-0.39, 0.29) is 11.3 Å². The first kappa shape index (κ1) is 22.7. The van der Waals surface area contributed by atoms with Crippen LogP contribution in [0.1, 0.15) is 41.6 Å². The fraction of sp³-hybridized carbons (Fsp3) is 0.304. The number of halogens is 3. The molecular formula is C23H21F3N4O3. The molecule has 1 aliphatic carbocycles. The third-order valence-electron chi connectivity index (χ3n) is 5.60. The third kappa shape index (κ3) is 4.95. The van der Waals surface area contributed by atoms with Crippen LogP contribution in [0.15, 0.2) is 59.7 Å². The molecule has 1 amide bonds. The fourth-order valence-electron chi connectivity index (χ4n) is 3.81. The summed E-state index contributed by atoms with van der Waals surface area (Å²) in [6.07, 6.45) is 0.526. The molecule has 0 aliphatic heterocycles. The van der Waals surface area contributed by atoms with E-state index >= 15 is 0 Å². The Hall–Kier alpha value is -3.53. The molecule has 172 valence electrons. The lowest BCUT2D eigenvalue weighted by Gasteiger charge is -2.28. The van der Waals surface area contributed by atoms with Gasteiger partial charge in [0.1, 0.15) is 5.56 Å². The zero-order valence-corrected chi connectivity index (χ0v) is 17.4. The summed E-state index contributed by atoms with van der Waals surface area (Å²) in [7, 11) is 0. The van der Waals surface area contributed by atoms with Gasteiger partial charge in [-0.05, 0) is 43.2 Å². The summed E-state index contributed by atoms with van der Waals surface area (Å²) in [5.74, 6) is -0.681. The minimum atomic E-state index is -4.49. The Labute approximate surface area is 186 Å². The number of pyridine rings is 1. The maximum Gasteiger partial charge on any atom is 0.416 e. The van der Waals surface area contributed by atoms with Gasteiger partial charge in [0, 0.05) is 11.8 Å². The molecule has 1 saturated carbocycles. The minimum absolute atomic E-state index is 0.140. The van der Waals surface area contributed by atoms with Crippen LogP contribution in [0.3, 0.4) is 0 Å². The molecule has 0 spiro atoms. The van der Waals surface area contributed by atoms with Gasteiger partial charge in [-0.2, -0.15) is 23.0 Å². The van der Waals surface area contributed by atoms with Gasteiger partial charge in [0.15, 0.2) is 0 Å². The lowest BCUT2D eigenvalue weighted by Crippen LogP contribution is -2.46. The number of aliphatic hydroxyl groups excluding tert-OH is 1. The van der Waals surface area contributed by atoms with Crippen molar-refractivity contribution in [3.8, 4) is 16.9 Å². The first-order valence-corrected chi connectivity index (χ1v) is 10.5. The lowest BCUT2D eigenvalue weighted by molar-refractivity contribution is -0.137. The molecule has 0 bridgehead atoms. The summed E-state index contributed by atoms with van der Waals surface area (Å²) >= 11 is 0. The lowest BCUT2D eigenvalue weighted by atomic mass is 9.92. The van der Waals surface area contributed by atoms with Crippen LogP contribution in [0, 0.1) is 0 Å². The Balaban J connectivity index is 1.77. The van der Waals surface area contributed by atoms with Gasteiger partial charge in [-0.15, -0.1) is 0 Å². The predicted molar refractivity (Wildman–Crippen MR) is 114 cm³/mol. The molecule has 2 unspecified atom stereocenters. The van der Waals surface area contributed by atoms with E-state index in [1.807, 2.05) is 0 Å². The highest BCUT2D eigenvalue weighted by Gasteiger charge is 2.30. The van der Waals surface area contributed by atoms with Crippen LogP contribution in [0.4, 0.5) is 13.2 Å². The van der Waals surface area contributed by atoms with E-state index in [1.54, 1.807) is 12.1 Å². The van der Waals surface area contributed by atoms with Crippen LogP contribution in [0.5, 0.6) is 0 Å².